The third-order valence-corrected chi connectivity index (χ3v) is 3.60. The lowest BCUT2D eigenvalue weighted by Gasteiger charge is -2.12. The molecule has 4 nitrogen and oxygen atoms in total. The highest BCUT2D eigenvalue weighted by atomic mass is 79.9. The van der Waals surface area contributed by atoms with Gasteiger partial charge >= 0.3 is 0 Å². The molecule has 1 aromatic carbocycles. The van der Waals surface area contributed by atoms with Crippen molar-refractivity contribution in [3.05, 3.63) is 52.1 Å². The number of benzene rings is 1. The van der Waals surface area contributed by atoms with Crippen molar-refractivity contribution in [3.8, 4) is 11.6 Å². The second-order valence-electron chi connectivity index (χ2n) is 4.91. The summed E-state index contributed by atoms with van der Waals surface area (Å²) in [5.41, 5.74) is 7.90. The minimum atomic E-state index is 0.142. The lowest BCUT2D eigenvalue weighted by Crippen LogP contribution is -2.17. The number of halogens is 1. The molecule has 0 aliphatic heterocycles. The maximum atomic E-state index is 5.83. The Balaban J connectivity index is 2.06. The van der Waals surface area contributed by atoms with E-state index in [0.717, 1.165) is 22.2 Å². The van der Waals surface area contributed by atoms with Crippen LogP contribution in [0.15, 0.2) is 41.0 Å². The van der Waals surface area contributed by atoms with Crippen LogP contribution in [0.2, 0.25) is 0 Å². The third-order valence-electron chi connectivity index (χ3n) is 2.98. The molecule has 0 aliphatic rings. The van der Waals surface area contributed by atoms with Crippen molar-refractivity contribution in [1.29, 1.82) is 0 Å². The van der Waals surface area contributed by atoms with Gasteiger partial charge in [0.05, 0.1) is 17.1 Å². The number of hydrogen-bond acceptors (Lipinski definition) is 4. The summed E-state index contributed by atoms with van der Waals surface area (Å²) < 4.78 is 12.0. The minimum absolute atomic E-state index is 0.142. The van der Waals surface area contributed by atoms with Gasteiger partial charge in [-0.05, 0) is 59.1 Å². The van der Waals surface area contributed by atoms with Crippen LogP contribution < -0.4 is 15.2 Å². The average molecular weight is 351 g/mol. The van der Waals surface area contributed by atoms with E-state index in [4.69, 9.17) is 15.2 Å². The Hall–Kier alpha value is -1.59. The maximum Gasteiger partial charge on any atom is 0.219 e. The van der Waals surface area contributed by atoms with E-state index in [1.807, 2.05) is 37.3 Å². The zero-order valence-electron chi connectivity index (χ0n) is 12.2. The normalized spacial score (nSPS) is 12.0. The fourth-order valence-corrected chi connectivity index (χ4v) is 2.57. The van der Waals surface area contributed by atoms with E-state index >= 15 is 0 Å². The molecule has 0 amide bonds. The molecule has 0 saturated carbocycles. The Morgan fingerprint density at radius 3 is 2.81 bits per heavy atom. The van der Waals surface area contributed by atoms with E-state index in [-0.39, 0.29) is 6.04 Å². The molecule has 0 radical (unpaired) electrons. The van der Waals surface area contributed by atoms with Gasteiger partial charge in [0, 0.05) is 12.2 Å². The van der Waals surface area contributed by atoms with Gasteiger partial charge in [0.15, 0.2) is 0 Å². The first-order chi connectivity index (χ1) is 10.1. The van der Waals surface area contributed by atoms with E-state index in [1.54, 1.807) is 13.3 Å². The van der Waals surface area contributed by atoms with Crippen LogP contribution in [0.1, 0.15) is 18.1 Å². The number of ether oxygens (including phenoxy) is 2. The molecule has 2 rings (SSSR count). The first kappa shape index (κ1) is 15.8. The number of rotatable bonds is 6. The molecule has 21 heavy (non-hydrogen) atoms. The summed E-state index contributed by atoms with van der Waals surface area (Å²) in [4.78, 5) is 4.15. The standard InChI is InChI=1S/C16H19BrN2O2/c1-11(18)8-12-5-6-15(14(17)9-12)21-10-13-4-3-7-19-16(13)20-2/h3-7,9,11H,8,10,18H2,1-2H3. The van der Waals surface area contributed by atoms with Crippen molar-refractivity contribution in [1.82, 2.24) is 4.98 Å². The van der Waals surface area contributed by atoms with E-state index in [2.05, 4.69) is 20.9 Å². The Kier molecular flexibility index (Phi) is 5.59. The van der Waals surface area contributed by atoms with E-state index in [1.165, 1.54) is 5.56 Å². The van der Waals surface area contributed by atoms with Gasteiger partial charge in [-0.2, -0.15) is 0 Å². The second kappa shape index (κ2) is 7.43. The first-order valence-electron chi connectivity index (χ1n) is 6.75. The molecule has 1 unspecified atom stereocenters. The summed E-state index contributed by atoms with van der Waals surface area (Å²) in [5.74, 6) is 1.37. The largest absolute Gasteiger partial charge is 0.488 e. The van der Waals surface area contributed by atoms with Crippen LogP contribution in [-0.4, -0.2) is 18.1 Å². The second-order valence-corrected chi connectivity index (χ2v) is 5.76. The van der Waals surface area contributed by atoms with Crippen molar-refractivity contribution in [3.63, 3.8) is 0 Å². The molecule has 0 saturated heterocycles. The highest BCUT2D eigenvalue weighted by molar-refractivity contribution is 9.10. The SMILES string of the molecule is COc1ncccc1COc1ccc(CC(C)N)cc1Br. The Bertz CT molecular complexity index is 603. The molecule has 1 heterocycles. The average Bonchev–Trinajstić information content (AvgIpc) is 2.46. The zero-order chi connectivity index (χ0) is 15.2. The quantitative estimate of drug-likeness (QED) is 0.867. The van der Waals surface area contributed by atoms with E-state index < -0.39 is 0 Å². The molecule has 2 aromatic rings. The van der Waals surface area contributed by atoms with Crippen molar-refractivity contribution in [2.75, 3.05) is 7.11 Å². The van der Waals surface area contributed by atoms with Gasteiger partial charge < -0.3 is 15.2 Å². The lowest BCUT2D eigenvalue weighted by molar-refractivity contribution is 0.292. The molecule has 0 fully saturated rings. The summed E-state index contributed by atoms with van der Waals surface area (Å²) >= 11 is 3.53. The predicted molar refractivity (Wildman–Crippen MR) is 86.6 cm³/mol. The van der Waals surface area contributed by atoms with Crippen LogP contribution in [0.25, 0.3) is 0 Å². The highest BCUT2D eigenvalue weighted by Crippen LogP contribution is 2.28. The Morgan fingerprint density at radius 2 is 2.14 bits per heavy atom. The fraction of sp³-hybridized carbons (Fsp3) is 0.312. The van der Waals surface area contributed by atoms with Gasteiger partial charge in [-0.3, -0.25) is 0 Å². The molecular weight excluding hydrogens is 332 g/mol. The molecule has 0 bridgehead atoms. The van der Waals surface area contributed by atoms with Crippen LogP contribution in [0.3, 0.4) is 0 Å². The lowest BCUT2D eigenvalue weighted by atomic mass is 10.1. The molecule has 2 N–H and O–H groups in total. The van der Waals surface area contributed by atoms with Gasteiger partial charge in [-0.25, -0.2) is 4.98 Å². The fourth-order valence-electron chi connectivity index (χ4n) is 2.03. The molecule has 0 aliphatic carbocycles. The topological polar surface area (TPSA) is 57.4 Å². The van der Waals surface area contributed by atoms with Gasteiger partial charge in [0.1, 0.15) is 12.4 Å². The summed E-state index contributed by atoms with van der Waals surface area (Å²) in [7, 11) is 1.60. The number of hydrogen-bond donors (Lipinski definition) is 1. The Labute approximate surface area is 133 Å². The highest BCUT2D eigenvalue weighted by Gasteiger charge is 2.07. The molecule has 5 heteroatoms. The van der Waals surface area contributed by atoms with Crippen LogP contribution in [0, 0.1) is 0 Å². The number of nitrogens with zero attached hydrogens (tertiary/aromatic N) is 1. The maximum absolute atomic E-state index is 5.83. The predicted octanol–water partition coefficient (Wildman–Crippen LogP) is 3.32. The molecule has 1 aromatic heterocycles. The summed E-state index contributed by atoms with van der Waals surface area (Å²) in [6, 6.07) is 9.96. The number of pyridine rings is 1. The molecule has 0 spiro atoms. The van der Waals surface area contributed by atoms with Crippen molar-refractivity contribution >= 4 is 15.9 Å². The van der Waals surface area contributed by atoms with Crippen LogP contribution >= 0.6 is 15.9 Å². The van der Waals surface area contributed by atoms with Crippen LogP contribution in [0.5, 0.6) is 11.6 Å². The van der Waals surface area contributed by atoms with Crippen molar-refractivity contribution < 1.29 is 9.47 Å². The van der Waals surface area contributed by atoms with E-state index in [9.17, 15) is 0 Å². The monoisotopic (exact) mass is 350 g/mol. The van der Waals surface area contributed by atoms with Crippen molar-refractivity contribution in [2.45, 2.75) is 26.0 Å². The van der Waals surface area contributed by atoms with Crippen molar-refractivity contribution in [2.24, 2.45) is 5.73 Å². The minimum Gasteiger partial charge on any atom is -0.488 e. The summed E-state index contributed by atoms with van der Waals surface area (Å²) in [6.07, 6.45) is 2.54. The van der Waals surface area contributed by atoms with Gasteiger partial charge in [0.25, 0.3) is 0 Å². The van der Waals surface area contributed by atoms with Gasteiger partial charge in [-0.15, -0.1) is 0 Å². The van der Waals surface area contributed by atoms with Gasteiger partial charge in [0.2, 0.25) is 5.88 Å². The Morgan fingerprint density at radius 1 is 1.33 bits per heavy atom. The van der Waals surface area contributed by atoms with Gasteiger partial charge in [-0.1, -0.05) is 6.07 Å². The third kappa shape index (κ3) is 4.44. The van der Waals surface area contributed by atoms with E-state index in [0.29, 0.717) is 12.5 Å². The molecule has 1 atom stereocenters. The molecular formula is C16H19BrN2O2. The smallest absolute Gasteiger partial charge is 0.219 e. The zero-order valence-corrected chi connectivity index (χ0v) is 13.8. The summed E-state index contributed by atoms with van der Waals surface area (Å²) in [6.45, 7) is 2.40. The first-order valence-corrected chi connectivity index (χ1v) is 7.54. The number of aromatic nitrogens is 1. The molecule has 112 valence electrons. The summed E-state index contributed by atoms with van der Waals surface area (Å²) in [5, 5.41) is 0. The van der Waals surface area contributed by atoms with Crippen LogP contribution in [0.4, 0.5) is 0 Å². The van der Waals surface area contributed by atoms with Crippen LogP contribution in [-0.2, 0) is 13.0 Å². The number of methoxy groups -OCH3 is 1. The number of nitrogens with two attached hydrogens (primary N) is 1.